The first-order valence-corrected chi connectivity index (χ1v) is 10.3. The SMILES string of the molecule is CCc1cccc2cc([C@H](C)Nc3ncnc4nc[nH]c34)n(-c3ccccc3)c(=O)c12. The van der Waals surface area contributed by atoms with Crippen molar-refractivity contribution in [1.82, 2.24) is 24.5 Å². The molecule has 31 heavy (non-hydrogen) atoms. The second kappa shape index (κ2) is 7.68. The minimum atomic E-state index is -0.205. The van der Waals surface area contributed by atoms with Gasteiger partial charge in [0.1, 0.15) is 11.8 Å². The average molecular weight is 410 g/mol. The Morgan fingerprint density at radius 2 is 1.90 bits per heavy atom. The van der Waals surface area contributed by atoms with Gasteiger partial charge in [0.15, 0.2) is 11.5 Å². The lowest BCUT2D eigenvalue weighted by Gasteiger charge is -2.22. The molecule has 154 valence electrons. The number of hydrogen-bond donors (Lipinski definition) is 2. The van der Waals surface area contributed by atoms with E-state index in [1.165, 1.54) is 6.33 Å². The highest BCUT2D eigenvalue weighted by Crippen LogP contribution is 2.26. The largest absolute Gasteiger partial charge is 0.360 e. The summed E-state index contributed by atoms with van der Waals surface area (Å²) in [6, 6.07) is 17.7. The van der Waals surface area contributed by atoms with E-state index in [0.29, 0.717) is 11.5 Å². The number of rotatable bonds is 5. The molecule has 0 spiro atoms. The zero-order valence-electron chi connectivity index (χ0n) is 17.3. The molecule has 1 atom stereocenters. The first-order valence-electron chi connectivity index (χ1n) is 10.3. The van der Waals surface area contributed by atoms with Gasteiger partial charge in [-0.3, -0.25) is 9.36 Å². The summed E-state index contributed by atoms with van der Waals surface area (Å²) in [6.45, 7) is 4.10. The molecule has 7 nitrogen and oxygen atoms in total. The third kappa shape index (κ3) is 3.24. The van der Waals surface area contributed by atoms with Gasteiger partial charge in [-0.15, -0.1) is 0 Å². The number of anilines is 1. The van der Waals surface area contributed by atoms with Crippen LogP contribution in [0, 0.1) is 0 Å². The van der Waals surface area contributed by atoms with Crippen LogP contribution < -0.4 is 10.9 Å². The molecule has 0 radical (unpaired) electrons. The van der Waals surface area contributed by atoms with Crippen molar-refractivity contribution >= 4 is 27.8 Å². The van der Waals surface area contributed by atoms with Crippen LogP contribution in [-0.2, 0) is 6.42 Å². The maximum Gasteiger partial charge on any atom is 0.263 e. The number of aryl methyl sites for hydroxylation is 1. The molecule has 0 amide bonds. The van der Waals surface area contributed by atoms with Gasteiger partial charge in [-0.25, -0.2) is 15.0 Å². The van der Waals surface area contributed by atoms with E-state index in [1.807, 2.05) is 55.5 Å². The summed E-state index contributed by atoms with van der Waals surface area (Å²) in [5, 5.41) is 5.14. The third-order valence-corrected chi connectivity index (χ3v) is 5.58. The maximum atomic E-state index is 13.8. The number of imidazole rings is 1. The van der Waals surface area contributed by atoms with Gasteiger partial charge >= 0.3 is 0 Å². The quantitative estimate of drug-likeness (QED) is 0.449. The molecule has 0 aliphatic rings. The van der Waals surface area contributed by atoms with Crippen molar-refractivity contribution in [2.75, 3.05) is 5.32 Å². The molecule has 2 aromatic carbocycles. The van der Waals surface area contributed by atoms with Crippen LogP contribution in [0.15, 0.2) is 72.0 Å². The van der Waals surface area contributed by atoms with Gasteiger partial charge < -0.3 is 10.3 Å². The molecular formula is C24H22N6O. The number of para-hydroxylation sites is 1. The summed E-state index contributed by atoms with van der Waals surface area (Å²) < 4.78 is 1.80. The first kappa shape index (κ1) is 19.0. The number of H-pyrrole nitrogens is 1. The van der Waals surface area contributed by atoms with E-state index in [9.17, 15) is 4.79 Å². The Morgan fingerprint density at radius 1 is 1.06 bits per heavy atom. The van der Waals surface area contributed by atoms with E-state index in [2.05, 4.69) is 38.2 Å². The fourth-order valence-corrected chi connectivity index (χ4v) is 4.06. The van der Waals surface area contributed by atoms with Crippen molar-refractivity contribution < 1.29 is 0 Å². The molecule has 2 N–H and O–H groups in total. The van der Waals surface area contributed by atoms with E-state index in [4.69, 9.17) is 0 Å². The van der Waals surface area contributed by atoms with E-state index < -0.39 is 0 Å². The molecule has 0 saturated heterocycles. The van der Waals surface area contributed by atoms with Crippen molar-refractivity contribution in [2.24, 2.45) is 0 Å². The maximum absolute atomic E-state index is 13.8. The Bertz CT molecular complexity index is 1440. The normalized spacial score (nSPS) is 12.3. The highest BCUT2D eigenvalue weighted by Gasteiger charge is 2.19. The van der Waals surface area contributed by atoms with Crippen LogP contribution in [0.2, 0.25) is 0 Å². The van der Waals surface area contributed by atoms with Crippen LogP contribution in [-0.4, -0.2) is 24.5 Å². The highest BCUT2D eigenvalue weighted by atomic mass is 16.1. The molecule has 0 saturated carbocycles. The summed E-state index contributed by atoms with van der Waals surface area (Å²) >= 11 is 0. The fourth-order valence-electron chi connectivity index (χ4n) is 4.06. The number of hydrogen-bond acceptors (Lipinski definition) is 5. The predicted octanol–water partition coefficient (Wildman–Crippen LogP) is 4.39. The number of benzene rings is 2. The fraction of sp³-hybridized carbons (Fsp3) is 0.167. The molecule has 0 aliphatic carbocycles. The molecule has 3 aromatic heterocycles. The molecule has 0 aliphatic heterocycles. The van der Waals surface area contributed by atoms with E-state index in [-0.39, 0.29) is 11.6 Å². The van der Waals surface area contributed by atoms with Gasteiger partial charge in [-0.05, 0) is 42.5 Å². The van der Waals surface area contributed by atoms with Gasteiger partial charge in [0.25, 0.3) is 5.56 Å². The average Bonchev–Trinajstić information content (AvgIpc) is 3.29. The smallest absolute Gasteiger partial charge is 0.263 e. The number of nitrogens with one attached hydrogen (secondary N) is 2. The third-order valence-electron chi connectivity index (χ3n) is 5.58. The lowest BCUT2D eigenvalue weighted by molar-refractivity contribution is 0.773. The van der Waals surface area contributed by atoms with Crippen molar-refractivity contribution in [2.45, 2.75) is 26.3 Å². The molecule has 0 bridgehead atoms. The summed E-state index contributed by atoms with van der Waals surface area (Å²) in [5.41, 5.74) is 4.04. The Morgan fingerprint density at radius 3 is 2.71 bits per heavy atom. The Balaban J connectivity index is 1.72. The van der Waals surface area contributed by atoms with Crippen molar-refractivity contribution in [3.8, 4) is 5.69 Å². The van der Waals surface area contributed by atoms with Crippen LogP contribution in [0.5, 0.6) is 0 Å². The molecule has 7 heteroatoms. The summed E-state index contributed by atoms with van der Waals surface area (Å²) in [7, 11) is 0. The number of pyridine rings is 1. The molecule has 3 heterocycles. The number of nitrogens with zero attached hydrogens (tertiary/aromatic N) is 4. The van der Waals surface area contributed by atoms with Crippen molar-refractivity contribution in [1.29, 1.82) is 0 Å². The molecule has 5 rings (SSSR count). The first-order chi connectivity index (χ1) is 15.2. The molecule has 5 aromatic rings. The topological polar surface area (TPSA) is 88.5 Å². The van der Waals surface area contributed by atoms with Gasteiger partial charge in [0, 0.05) is 11.4 Å². The van der Waals surface area contributed by atoms with E-state index >= 15 is 0 Å². The highest BCUT2D eigenvalue weighted by molar-refractivity contribution is 5.86. The van der Waals surface area contributed by atoms with Crippen molar-refractivity contribution in [3.05, 3.63) is 88.9 Å². The second-order valence-electron chi connectivity index (χ2n) is 7.47. The lowest BCUT2D eigenvalue weighted by atomic mass is 10.0. The Labute approximate surface area is 178 Å². The summed E-state index contributed by atoms with van der Waals surface area (Å²) in [6.07, 6.45) is 3.88. The lowest BCUT2D eigenvalue weighted by Crippen LogP contribution is -2.26. The van der Waals surface area contributed by atoms with Gasteiger partial charge in [0.2, 0.25) is 0 Å². The van der Waals surface area contributed by atoms with Gasteiger partial charge in [0.05, 0.1) is 17.8 Å². The minimum absolute atomic E-state index is 0.0147. The number of aromatic nitrogens is 5. The number of fused-ring (bicyclic) bond motifs is 2. The molecule has 0 fully saturated rings. The van der Waals surface area contributed by atoms with Crippen LogP contribution in [0.3, 0.4) is 0 Å². The van der Waals surface area contributed by atoms with E-state index in [1.54, 1.807) is 10.9 Å². The Hall–Kier alpha value is -4.00. The predicted molar refractivity (Wildman–Crippen MR) is 123 cm³/mol. The zero-order chi connectivity index (χ0) is 21.4. The van der Waals surface area contributed by atoms with Crippen LogP contribution in [0.4, 0.5) is 5.82 Å². The minimum Gasteiger partial charge on any atom is -0.360 e. The zero-order valence-corrected chi connectivity index (χ0v) is 17.3. The van der Waals surface area contributed by atoms with Crippen LogP contribution in [0.1, 0.15) is 31.1 Å². The number of aromatic amines is 1. The molecule has 0 unspecified atom stereocenters. The molecular weight excluding hydrogens is 388 g/mol. The van der Waals surface area contributed by atoms with Crippen LogP contribution >= 0.6 is 0 Å². The van der Waals surface area contributed by atoms with Gasteiger partial charge in [-0.2, -0.15) is 0 Å². The van der Waals surface area contributed by atoms with E-state index in [0.717, 1.165) is 39.7 Å². The van der Waals surface area contributed by atoms with Gasteiger partial charge in [-0.1, -0.05) is 43.3 Å². The summed E-state index contributed by atoms with van der Waals surface area (Å²) in [4.78, 5) is 29.6. The van der Waals surface area contributed by atoms with Crippen LogP contribution in [0.25, 0.3) is 27.6 Å². The van der Waals surface area contributed by atoms with Crippen molar-refractivity contribution in [3.63, 3.8) is 0 Å². The Kier molecular flexibility index (Phi) is 4.71. The standard InChI is InChI=1S/C24H22N6O/c1-3-16-8-7-9-17-12-19(30(24(31)20(16)17)18-10-5-4-6-11-18)15(2)29-23-21-22(26-13-25-21)27-14-28-23/h4-15H,3H2,1-2H3,(H2,25,26,27,28,29)/t15-/m0/s1. The second-order valence-corrected chi connectivity index (χ2v) is 7.47. The summed E-state index contributed by atoms with van der Waals surface area (Å²) in [5.74, 6) is 0.643. The monoisotopic (exact) mass is 410 g/mol.